The fourth-order valence-corrected chi connectivity index (χ4v) is 3.72. The second-order valence-corrected chi connectivity index (χ2v) is 9.72. The molecule has 4 aromatic rings. The molecule has 1 heterocycles. The topological polar surface area (TPSA) is 93.1 Å². The SMILES string of the molecule is CC(C)(C)C(=O)NCc1ccc(Cl)c(C(=O)Nc2ccc3cnn(-c4ccccc4F)c(=O)c3c2)c1. The van der Waals surface area contributed by atoms with Crippen molar-refractivity contribution >= 4 is 39.9 Å². The molecule has 9 heteroatoms. The zero-order valence-corrected chi connectivity index (χ0v) is 20.7. The number of carbonyl (C=O) groups is 2. The summed E-state index contributed by atoms with van der Waals surface area (Å²) in [4.78, 5) is 38.2. The first kappa shape index (κ1) is 25.1. The Morgan fingerprint density at radius 3 is 2.53 bits per heavy atom. The van der Waals surface area contributed by atoms with Crippen LogP contribution in [0.2, 0.25) is 5.02 Å². The van der Waals surface area contributed by atoms with Crippen LogP contribution in [0, 0.1) is 11.2 Å². The van der Waals surface area contributed by atoms with E-state index < -0.39 is 22.7 Å². The molecule has 0 aliphatic heterocycles. The van der Waals surface area contributed by atoms with Crippen LogP contribution in [0.5, 0.6) is 0 Å². The number of hydrogen-bond donors (Lipinski definition) is 2. The second-order valence-electron chi connectivity index (χ2n) is 9.32. The Balaban J connectivity index is 1.60. The van der Waals surface area contributed by atoms with E-state index in [9.17, 15) is 18.8 Å². The van der Waals surface area contributed by atoms with Crippen molar-refractivity contribution < 1.29 is 14.0 Å². The highest BCUT2D eigenvalue weighted by atomic mass is 35.5. The maximum absolute atomic E-state index is 14.2. The zero-order chi connectivity index (χ0) is 26.0. The first-order valence-electron chi connectivity index (χ1n) is 11.2. The maximum Gasteiger partial charge on any atom is 0.279 e. The van der Waals surface area contributed by atoms with Crippen LogP contribution in [0.4, 0.5) is 10.1 Å². The molecule has 1 aromatic heterocycles. The first-order valence-corrected chi connectivity index (χ1v) is 11.6. The minimum Gasteiger partial charge on any atom is -0.352 e. The molecule has 2 amide bonds. The van der Waals surface area contributed by atoms with Gasteiger partial charge in [-0.05, 0) is 42.0 Å². The molecule has 0 saturated heterocycles. The number of carbonyl (C=O) groups excluding carboxylic acids is 2. The molecule has 2 N–H and O–H groups in total. The van der Waals surface area contributed by atoms with E-state index in [1.54, 1.807) is 36.4 Å². The molecule has 0 spiro atoms. The molecule has 0 aliphatic carbocycles. The van der Waals surface area contributed by atoms with Gasteiger partial charge in [-0.3, -0.25) is 14.4 Å². The first-order chi connectivity index (χ1) is 17.0. The van der Waals surface area contributed by atoms with Gasteiger partial charge in [0.05, 0.1) is 22.2 Å². The molecule has 7 nitrogen and oxygen atoms in total. The Bertz CT molecular complexity index is 1540. The van der Waals surface area contributed by atoms with E-state index in [2.05, 4.69) is 15.7 Å². The van der Waals surface area contributed by atoms with Crippen molar-refractivity contribution in [3.8, 4) is 5.69 Å². The minimum absolute atomic E-state index is 0.0287. The predicted octanol–water partition coefficient (Wildman–Crippen LogP) is 5.09. The highest BCUT2D eigenvalue weighted by Gasteiger charge is 2.21. The molecular weight excluding hydrogens is 483 g/mol. The van der Waals surface area contributed by atoms with Crippen molar-refractivity contribution in [1.29, 1.82) is 0 Å². The molecule has 0 atom stereocenters. The third kappa shape index (κ3) is 5.28. The Morgan fingerprint density at radius 2 is 1.81 bits per heavy atom. The van der Waals surface area contributed by atoms with E-state index in [0.29, 0.717) is 16.6 Å². The van der Waals surface area contributed by atoms with Crippen molar-refractivity contribution in [3.05, 3.63) is 99.2 Å². The average molecular weight is 507 g/mol. The van der Waals surface area contributed by atoms with Crippen molar-refractivity contribution in [2.24, 2.45) is 5.41 Å². The monoisotopic (exact) mass is 506 g/mol. The summed E-state index contributed by atoms with van der Waals surface area (Å²) in [6.45, 7) is 5.68. The van der Waals surface area contributed by atoms with E-state index in [1.165, 1.54) is 30.5 Å². The molecule has 0 aliphatic rings. The molecule has 0 radical (unpaired) electrons. The molecule has 0 bridgehead atoms. The summed E-state index contributed by atoms with van der Waals surface area (Å²) in [7, 11) is 0. The van der Waals surface area contributed by atoms with Crippen LogP contribution < -0.4 is 16.2 Å². The smallest absolute Gasteiger partial charge is 0.279 e. The molecule has 0 unspecified atom stereocenters. The van der Waals surface area contributed by atoms with Crippen molar-refractivity contribution in [2.45, 2.75) is 27.3 Å². The van der Waals surface area contributed by atoms with Crippen LogP contribution in [-0.2, 0) is 11.3 Å². The molecule has 0 fully saturated rings. The van der Waals surface area contributed by atoms with E-state index in [1.807, 2.05) is 20.8 Å². The number of benzene rings is 3. The average Bonchev–Trinajstić information content (AvgIpc) is 2.84. The van der Waals surface area contributed by atoms with Crippen LogP contribution in [0.25, 0.3) is 16.5 Å². The molecule has 0 saturated carbocycles. The number of amides is 2. The van der Waals surface area contributed by atoms with E-state index >= 15 is 0 Å². The lowest BCUT2D eigenvalue weighted by Crippen LogP contribution is -2.34. The van der Waals surface area contributed by atoms with Crippen LogP contribution in [0.3, 0.4) is 0 Å². The number of fused-ring (bicyclic) bond motifs is 1. The summed E-state index contributed by atoms with van der Waals surface area (Å²) in [6, 6.07) is 15.6. The number of aromatic nitrogens is 2. The summed E-state index contributed by atoms with van der Waals surface area (Å²) in [5.74, 6) is -1.17. The lowest BCUT2D eigenvalue weighted by molar-refractivity contribution is -0.128. The molecule has 184 valence electrons. The summed E-state index contributed by atoms with van der Waals surface area (Å²) in [5, 5.41) is 10.7. The number of anilines is 1. The number of nitrogens with zero attached hydrogens (tertiary/aromatic N) is 2. The van der Waals surface area contributed by atoms with Crippen LogP contribution in [0.1, 0.15) is 36.7 Å². The third-order valence-corrected chi connectivity index (χ3v) is 5.87. The Labute approximate surface area is 211 Å². The van der Waals surface area contributed by atoms with Crippen molar-refractivity contribution in [2.75, 3.05) is 5.32 Å². The second kappa shape index (κ2) is 9.91. The maximum atomic E-state index is 14.2. The van der Waals surface area contributed by atoms with Crippen molar-refractivity contribution in [3.63, 3.8) is 0 Å². The highest BCUT2D eigenvalue weighted by molar-refractivity contribution is 6.34. The molecular formula is C27H24ClFN4O3. The summed E-state index contributed by atoms with van der Waals surface area (Å²) < 4.78 is 15.2. The van der Waals surface area contributed by atoms with Gasteiger partial charge >= 0.3 is 0 Å². The van der Waals surface area contributed by atoms with E-state index in [4.69, 9.17) is 11.6 Å². The van der Waals surface area contributed by atoms with Gasteiger partial charge in [0, 0.05) is 23.0 Å². The molecule has 36 heavy (non-hydrogen) atoms. The minimum atomic E-state index is -0.580. The fraction of sp³-hybridized carbons (Fsp3) is 0.185. The third-order valence-electron chi connectivity index (χ3n) is 5.54. The highest BCUT2D eigenvalue weighted by Crippen LogP contribution is 2.22. The quantitative estimate of drug-likeness (QED) is 0.394. The van der Waals surface area contributed by atoms with Gasteiger partial charge in [0.2, 0.25) is 5.91 Å². The van der Waals surface area contributed by atoms with Crippen LogP contribution in [0.15, 0.2) is 71.7 Å². The largest absolute Gasteiger partial charge is 0.352 e. The molecule has 3 aromatic carbocycles. The van der Waals surface area contributed by atoms with Crippen molar-refractivity contribution in [1.82, 2.24) is 15.1 Å². The van der Waals surface area contributed by atoms with Crippen LogP contribution >= 0.6 is 11.6 Å². The normalized spacial score (nSPS) is 11.4. The summed E-state index contributed by atoms with van der Waals surface area (Å²) in [6.07, 6.45) is 1.46. The standard InChI is InChI=1S/C27H24ClFN4O3/c1-27(2,3)26(36)30-14-16-8-11-21(28)20(12-16)24(34)32-18-10-9-17-15-31-33(25(35)19(17)13-18)23-7-5-4-6-22(23)29/h4-13,15H,14H2,1-3H3,(H,30,36)(H,32,34). The van der Waals surface area contributed by atoms with Gasteiger partial charge in [-0.1, -0.05) is 56.6 Å². The Hall–Kier alpha value is -4.04. The van der Waals surface area contributed by atoms with Gasteiger partial charge in [-0.15, -0.1) is 0 Å². The van der Waals surface area contributed by atoms with Gasteiger partial charge in [-0.2, -0.15) is 9.78 Å². The number of rotatable bonds is 5. The van der Waals surface area contributed by atoms with Gasteiger partial charge in [0.25, 0.3) is 11.5 Å². The number of para-hydroxylation sites is 1. The van der Waals surface area contributed by atoms with Crippen LogP contribution in [-0.4, -0.2) is 21.6 Å². The number of halogens is 2. The lowest BCUT2D eigenvalue weighted by atomic mass is 9.95. The van der Waals surface area contributed by atoms with Gasteiger partial charge < -0.3 is 10.6 Å². The number of nitrogens with one attached hydrogen (secondary N) is 2. The lowest BCUT2D eigenvalue weighted by Gasteiger charge is -2.18. The predicted molar refractivity (Wildman–Crippen MR) is 138 cm³/mol. The summed E-state index contributed by atoms with van der Waals surface area (Å²) >= 11 is 6.27. The van der Waals surface area contributed by atoms with Gasteiger partial charge in [0.1, 0.15) is 11.5 Å². The summed E-state index contributed by atoms with van der Waals surface area (Å²) in [5.41, 5.74) is 0.253. The zero-order valence-electron chi connectivity index (χ0n) is 19.9. The Kier molecular flexibility index (Phi) is 6.90. The van der Waals surface area contributed by atoms with Gasteiger partial charge in [0.15, 0.2) is 0 Å². The number of hydrogen-bond acceptors (Lipinski definition) is 4. The van der Waals surface area contributed by atoms with Gasteiger partial charge in [-0.25, -0.2) is 4.39 Å². The van der Waals surface area contributed by atoms with E-state index in [0.717, 1.165) is 4.68 Å². The van der Waals surface area contributed by atoms with E-state index in [-0.39, 0.29) is 34.1 Å². The molecule has 4 rings (SSSR count). The Morgan fingerprint density at radius 1 is 1.06 bits per heavy atom. The fourth-order valence-electron chi connectivity index (χ4n) is 3.52.